The van der Waals surface area contributed by atoms with Crippen LogP contribution in [0.15, 0.2) is 48.5 Å². The molecule has 4 heteroatoms. The van der Waals surface area contributed by atoms with Crippen LogP contribution in [0.2, 0.25) is 0 Å². The predicted molar refractivity (Wildman–Crippen MR) is 101 cm³/mol. The second-order valence-corrected chi connectivity index (χ2v) is 7.76. The number of nitrogens with one attached hydrogen (secondary N) is 1. The quantitative estimate of drug-likeness (QED) is 0.916. The summed E-state index contributed by atoms with van der Waals surface area (Å²) < 4.78 is 14.0. The van der Waals surface area contributed by atoms with Crippen LogP contribution in [0.1, 0.15) is 41.3 Å². The van der Waals surface area contributed by atoms with Gasteiger partial charge in [-0.3, -0.25) is 9.69 Å². The Labute approximate surface area is 154 Å². The van der Waals surface area contributed by atoms with Crippen molar-refractivity contribution >= 4 is 5.91 Å². The van der Waals surface area contributed by atoms with Crippen molar-refractivity contribution in [1.29, 1.82) is 0 Å². The Morgan fingerprint density at radius 1 is 1.15 bits per heavy atom. The Balaban J connectivity index is 1.46. The summed E-state index contributed by atoms with van der Waals surface area (Å²) in [6.45, 7) is 3.92. The molecule has 1 amide bonds. The van der Waals surface area contributed by atoms with E-state index in [-0.39, 0.29) is 23.3 Å². The number of rotatable bonds is 3. The Kier molecular flexibility index (Phi) is 4.53. The first-order chi connectivity index (χ1) is 12.6. The maximum atomic E-state index is 14.0. The molecule has 1 spiro atoms. The van der Waals surface area contributed by atoms with Crippen molar-refractivity contribution in [2.75, 3.05) is 13.1 Å². The van der Waals surface area contributed by atoms with Gasteiger partial charge in [-0.1, -0.05) is 36.4 Å². The molecular weight excluding hydrogens is 327 g/mol. The van der Waals surface area contributed by atoms with Crippen LogP contribution in [0, 0.1) is 5.82 Å². The van der Waals surface area contributed by atoms with E-state index < -0.39 is 0 Å². The largest absolute Gasteiger partial charge is 0.345 e. The number of hydrogen-bond acceptors (Lipinski definition) is 2. The van der Waals surface area contributed by atoms with Gasteiger partial charge in [0.2, 0.25) is 0 Å². The highest BCUT2D eigenvalue weighted by Crippen LogP contribution is 2.32. The van der Waals surface area contributed by atoms with Crippen LogP contribution < -0.4 is 5.32 Å². The van der Waals surface area contributed by atoms with Gasteiger partial charge in [0.1, 0.15) is 5.82 Å². The zero-order valence-electron chi connectivity index (χ0n) is 15.2. The Hall–Kier alpha value is -2.20. The highest BCUT2D eigenvalue weighted by Gasteiger charge is 2.42. The standard InChI is InChI=1S/C22H25FN2O/c1-16(14-18-7-3-5-9-20(18)23)25-13-12-22(15-25)11-10-17-6-2-4-8-19(17)21(26)24-22/h2-9,16H,10-15H2,1H3,(H,24,26)/t16-,22+/m0/s1. The molecule has 1 saturated heterocycles. The zero-order chi connectivity index (χ0) is 18.1. The highest BCUT2D eigenvalue weighted by molar-refractivity contribution is 5.96. The van der Waals surface area contributed by atoms with Gasteiger partial charge in [-0.25, -0.2) is 4.39 Å². The van der Waals surface area contributed by atoms with Crippen molar-refractivity contribution in [3.8, 4) is 0 Å². The number of carbonyl (C=O) groups is 1. The molecule has 3 nitrogen and oxygen atoms in total. The lowest BCUT2D eigenvalue weighted by Crippen LogP contribution is -2.50. The molecular formula is C22H25FN2O. The number of nitrogens with zero attached hydrogens (tertiary/aromatic N) is 1. The molecule has 2 atom stereocenters. The molecule has 2 aliphatic heterocycles. The van der Waals surface area contributed by atoms with Gasteiger partial charge in [0, 0.05) is 24.7 Å². The van der Waals surface area contributed by atoms with Crippen molar-refractivity contribution in [2.24, 2.45) is 0 Å². The lowest BCUT2D eigenvalue weighted by molar-refractivity contribution is 0.0899. The molecule has 0 radical (unpaired) electrons. The Morgan fingerprint density at radius 2 is 1.92 bits per heavy atom. The van der Waals surface area contributed by atoms with Crippen molar-refractivity contribution in [3.63, 3.8) is 0 Å². The summed E-state index contributed by atoms with van der Waals surface area (Å²) in [6.07, 6.45) is 3.52. The van der Waals surface area contributed by atoms with Gasteiger partial charge in [0.25, 0.3) is 5.91 Å². The fourth-order valence-corrected chi connectivity index (χ4v) is 4.40. The number of aryl methyl sites for hydroxylation is 1. The number of hydrogen-bond donors (Lipinski definition) is 1. The molecule has 2 aromatic rings. The fraction of sp³-hybridized carbons (Fsp3) is 0.409. The molecule has 0 unspecified atom stereocenters. The first-order valence-electron chi connectivity index (χ1n) is 9.44. The van der Waals surface area contributed by atoms with Crippen LogP contribution in [0.3, 0.4) is 0 Å². The average Bonchev–Trinajstić information content (AvgIpc) is 3.00. The molecule has 2 heterocycles. The topological polar surface area (TPSA) is 32.3 Å². The molecule has 1 fully saturated rings. The second kappa shape index (κ2) is 6.84. The van der Waals surface area contributed by atoms with Crippen molar-refractivity contribution < 1.29 is 9.18 Å². The Bertz CT molecular complexity index is 821. The monoisotopic (exact) mass is 352 g/mol. The van der Waals surface area contributed by atoms with Gasteiger partial charge >= 0.3 is 0 Å². The lowest BCUT2D eigenvalue weighted by atomic mass is 9.91. The van der Waals surface area contributed by atoms with Gasteiger partial charge < -0.3 is 5.32 Å². The normalized spacial score (nSPS) is 24.2. The van der Waals surface area contributed by atoms with Crippen LogP contribution >= 0.6 is 0 Å². The molecule has 0 aromatic heterocycles. The van der Waals surface area contributed by atoms with Crippen molar-refractivity contribution in [2.45, 2.75) is 44.2 Å². The van der Waals surface area contributed by atoms with E-state index in [9.17, 15) is 9.18 Å². The number of amides is 1. The lowest BCUT2D eigenvalue weighted by Gasteiger charge is -2.31. The molecule has 0 saturated carbocycles. The molecule has 4 rings (SSSR count). The van der Waals surface area contributed by atoms with Crippen LogP contribution in [-0.2, 0) is 12.8 Å². The fourth-order valence-electron chi connectivity index (χ4n) is 4.40. The van der Waals surface area contributed by atoms with E-state index in [0.717, 1.165) is 49.0 Å². The summed E-state index contributed by atoms with van der Waals surface area (Å²) >= 11 is 0. The van der Waals surface area contributed by atoms with E-state index in [2.05, 4.69) is 23.2 Å². The molecule has 0 aliphatic carbocycles. The van der Waals surface area contributed by atoms with Crippen LogP contribution in [0.5, 0.6) is 0 Å². The van der Waals surface area contributed by atoms with E-state index in [1.54, 1.807) is 6.07 Å². The third-order valence-corrected chi connectivity index (χ3v) is 5.99. The summed E-state index contributed by atoms with van der Waals surface area (Å²) in [5.41, 5.74) is 2.54. The van der Waals surface area contributed by atoms with E-state index in [1.807, 2.05) is 30.3 Å². The third kappa shape index (κ3) is 3.26. The van der Waals surface area contributed by atoms with Crippen molar-refractivity contribution in [3.05, 3.63) is 71.0 Å². The summed E-state index contributed by atoms with van der Waals surface area (Å²) in [6, 6.07) is 15.1. The summed E-state index contributed by atoms with van der Waals surface area (Å²) in [7, 11) is 0. The molecule has 2 aliphatic rings. The third-order valence-electron chi connectivity index (χ3n) is 5.99. The van der Waals surface area contributed by atoms with Gasteiger partial charge in [-0.15, -0.1) is 0 Å². The van der Waals surface area contributed by atoms with E-state index in [0.29, 0.717) is 6.42 Å². The molecule has 2 aromatic carbocycles. The minimum absolute atomic E-state index is 0.0432. The molecule has 0 bridgehead atoms. The summed E-state index contributed by atoms with van der Waals surface area (Å²) in [5.74, 6) is -0.0896. The maximum absolute atomic E-state index is 14.0. The molecule has 26 heavy (non-hydrogen) atoms. The van der Waals surface area contributed by atoms with Crippen LogP contribution in [0.25, 0.3) is 0 Å². The van der Waals surface area contributed by atoms with Crippen LogP contribution in [0.4, 0.5) is 4.39 Å². The van der Waals surface area contributed by atoms with E-state index >= 15 is 0 Å². The predicted octanol–water partition coefficient (Wildman–Crippen LogP) is 3.58. The van der Waals surface area contributed by atoms with Crippen LogP contribution in [-0.4, -0.2) is 35.5 Å². The number of halogens is 1. The number of fused-ring (bicyclic) bond motifs is 1. The van der Waals surface area contributed by atoms with Crippen molar-refractivity contribution in [1.82, 2.24) is 10.2 Å². The van der Waals surface area contributed by atoms with Gasteiger partial charge in [-0.05, 0) is 55.9 Å². The smallest absolute Gasteiger partial charge is 0.252 e. The minimum atomic E-state index is -0.167. The SMILES string of the molecule is C[C@@H](Cc1ccccc1F)N1CC[C@]2(CCc3ccccc3C(=O)N2)C1. The maximum Gasteiger partial charge on any atom is 0.252 e. The number of likely N-dealkylation sites (tertiary alicyclic amines) is 1. The first kappa shape index (κ1) is 17.2. The van der Waals surface area contributed by atoms with E-state index in [4.69, 9.17) is 0 Å². The number of benzene rings is 2. The molecule has 136 valence electrons. The average molecular weight is 352 g/mol. The van der Waals surface area contributed by atoms with Gasteiger partial charge in [0.05, 0.1) is 5.54 Å². The van der Waals surface area contributed by atoms with Gasteiger partial charge in [0.15, 0.2) is 0 Å². The Morgan fingerprint density at radius 3 is 2.77 bits per heavy atom. The number of carbonyl (C=O) groups excluding carboxylic acids is 1. The summed E-state index contributed by atoms with van der Waals surface area (Å²) in [4.78, 5) is 15.1. The minimum Gasteiger partial charge on any atom is -0.345 e. The van der Waals surface area contributed by atoms with E-state index in [1.165, 1.54) is 6.07 Å². The second-order valence-electron chi connectivity index (χ2n) is 7.76. The zero-order valence-corrected chi connectivity index (χ0v) is 15.2. The summed E-state index contributed by atoms with van der Waals surface area (Å²) in [5, 5.41) is 3.32. The van der Waals surface area contributed by atoms with Gasteiger partial charge in [-0.2, -0.15) is 0 Å². The first-order valence-corrected chi connectivity index (χ1v) is 9.44. The molecule has 1 N–H and O–H groups in total. The highest BCUT2D eigenvalue weighted by atomic mass is 19.1.